The van der Waals surface area contributed by atoms with E-state index in [-0.39, 0.29) is 24.1 Å². The van der Waals surface area contributed by atoms with Gasteiger partial charge in [-0.05, 0) is 62.0 Å². The number of benzene rings is 2. The third-order valence-corrected chi connectivity index (χ3v) is 5.26. The third kappa shape index (κ3) is 5.93. The number of aryl methyl sites for hydroxylation is 1. The summed E-state index contributed by atoms with van der Waals surface area (Å²) < 4.78 is 13.4. The summed E-state index contributed by atoms with van der Waals surface area (Å²) in [5.41, 5.74) is 2.77. The summed E-state index contributed by atoms with van der Waals surface area (Å²) in [4.78, 5) is 12.6. The fourth-order valence-corrected chi connectivity index (χ4v) is 3.64. The van der Waals surface area contributed by atoms with Crippen LogP contribution in [0.4, 0.5) is 4.39 Å². The molecule has 0 radical (unpaired) electrons. The summed E-state index contributed by atoms with van der Waals surface area (Å²) in [6.45, 7) is 4.03. The average Bonchev–Trinajstić information content (AvgIpc) is 3.13. The van der Waals surface area contributed by atoms with Crippen LogP contribution < -0.4 is 10.6 Å². The zero-order valence-electron chi connectivity index (χ0n) is 15.3. The van der Waals surface area contributed by atoms with Crippen molar-refractivity contribution in [3.8, 4) is 0 Å². The van der Waals surface area contributed by atoms with Gasteiger partial charge >= 0.3 is 0 Å². The predicted octanol–water partition coefficient (Wildman–Crippen LogP) is 4.80. The fraction of sp³-hybridized carbons (Fsp3) is 0.381. The molecule has 0 spiro atoms. The molecule has 3 nitrogen and oxygen atoms in total. The Labute approximate surface area is 171 Å². The Hall–Kier alpha value is -1.62. The van der Waals surface area contributed by atoms with Crippen LogP contribution in [0.2, 0.25) is 5.02 Å². The van der Waals surface area contributed by atoms with Gasteiger partial charge in [-0.15, -0.1) is 12.4 Å². The van der Waals surface area contributed by atoms with Crippen LogP contribution in [0.15, 0.2) is 42.5 Å². The second kappa shape index (κ2) is 10.1. The molecule has 0 aliphatic carbocycles. The van der Waals surface area contributed by atoms with Crippen LogP contribution in [0.25, 0.3) is 0 Å². The van der Waals surface area contributed by atoms with E-state index in [0.717, 1.165) is 37.1 Å². The molecule has 3 rings (SSSR count). The summed E-state index contributed by atoms with van der Waals surface area (Å²) in [5.74, 6) is 0.164. The Kier molecular flexibility index (Phi) is 8.08. The molecule has 1 fully saturated rings. The summed E-state index contributed by atoms with van der Waals surface area (Å²) in [7, 11) is 0. The van der Waals surface area contributed by atoms with Gasteiger partial charge in [0.1, 0.15) is 5.82 Å². The van der Waals surface area contributed by atoms with Crippen molar-refractivity contribution in [1.82, 2.24) is 10.6 Å². The van der Waals surface area contributed by atoms with Crippen molar-refractivity contribution in [2.24, 2.45) is 5.92 Å². The lowest BCUT2D eigenvalue weighted by Crippen LogP contribution is -2.30. The maximum Gasteiger partial charge on any atom is 0.220 e. The smallest absolute Gasteiger partial charge is 0.220 e. The highest BCUT2D eigenvalue weighted by atomic mass is 35.5. The minimum Gasteiger partial charge on any atom is -0.345 e. The lowest BCUT2D eigenvalue weighted by Gasteiger charge is -2.22. The van der Waals surface area contributed by atoms with Gasteiger partial charge in [-0.3, -0.25) is 4.79 Å². The molecule has 0 saturated carbocycles. The number of nitrogens with one attached hydrogen (secondary N) is 2. The Morgan fingerprint density at radius 3 is 2.67 bits per heavy atom. The molecule has 0 aromatic heterocycles. The molecule has 2 aromatic carbocycles. The van der Waals surface area contributed by atoms with Crippen molar-refractivity contribution in [1.29, 1.82) is 0 Å². The minimum absolute atomic E-state index is 0. The van der Waals surface area contributed by atoms with Crippen LogP contribution in [-0.4, -0.2) is 19.0 Å². The molecule has 146 valence electrons. The zero-order valence-corrected chi connectivity index (χ0v) is 16.9. The molecule has 1 heterocycles. The molecule has 2 aromatic rings. The van der Waals surface area contributed by atoms with E-state index in [9.17, 15) is 9.18 Å². The number of carbonyl (C=O) groups excluding carboxylic acids is 1. The molecule has 0 bridgehead atoms. The molecule has 2 unspecified atom stereocenters. The van der Waals surface area contributed by atoms with Crippen molar-refractivity contribution in [2.45, 2.75) is 32.2 Å². The Bertz CT molecular complexity index is 761. The van der Waals surface area contributed by atoms with Gasteiger partial charge in [-0.1, -0.05) is 47.5 Å². The maximum atomic E-state index is 13.4. The summed E-state index contributed by atoms with van der Waals surface area (Å²) in [5, 5.41) is 6.72. The normalized spacial score (nSPS) is 17.2. The number of carbonyl (C=O) groups is 1. The lowest BCUT2D eigenvalue weighted by molar-refractivity contribution is -0.121. The van der Waals surface area contributed by atoms with Crippen LogP contribution in [0.3, 0.4) is 0 Å². The van der Waals surface area contributed by atoms with Crippen molar-refractivity contribution < 1.29 is 9.18 Å². The molecule has 1 aliphatic heterocycles. The molecule has 6 heteroatoms. The molecule has 27 heavy (non-hydrogen) atoms. The van der Waals surface area contributed by atoms with E-state index in [1.165, 1.54) is 12.1 Å². The van der Waals surface area contributed by atoms with Crippen LogP contribution >= 0.6 is 24.0 Å². The van der Waals surface area contributed by atoms with Crippen LogP contribution in [-0.2, 0) is 4.79 Å². The highest BCUT2D eigenvalue weighted by Gasteiger charge is 2.21. The van der Waals surface area contributed by atoms with E-state index in [1.54, 1.807) is 6.07 Å². The van der Waals surface area contributed by atoms with Crippen molar-refractivity contribution >= 4 is 29.9 Å². The first-order chi connectivity index (χ1) is 12.5. The standard InChI is InChI=1S/C21H24ClFN2O.ClH/c1-14-2-5-16(6-3-14)21(18-8-7-17(23)12-19(18)22)25-20(26)9-4-15-10-11-24-13-15;/h2-3,5-8,12,15,21,24H,4,9-11,13H2,1H3,(H,25,26);1H. The van der Waals surface area contributed by atoms with Crippen LogP contribution in [0, 0.1) is 18.7 Å². The minimum atomic E-state index is -0.391. The molecule has 1 aliphatic rings. The van der Waals surface area contributed by atoms with Crippen molar-refractivity contribution in [3.63, 3.8) is 0 Å². The number of hydrogen-bond donors (Lipinski definition) is 2. The van der Waals surface area contributed by atoms with Gasteiger partial charge in [0.05, 0.1) is 6.04 Å². The first-order valence-electron chi connectivity index (χ1n) is 9.04. The summed E-state index contributed by atoms with van der Waals surface area (Å²) in [6, 6.07) is 11.8. The number of rotatable bonds is 6. The van der Waals surface area contributed by atoms with Crippen LogP contribution in [0.5, 0.6) is 0 Å². The van der Waals surface area contributed by atoms with Gasteiger partial charge < -0.3 is 10.6 Å². The first kappa shape index (κ1) is 21.7. The molecule has 2 atom stereocenters. The van der Waals surface area contributed by atoms with Crippen molar-refractivity contribution in [2.75, 3.05) is 13.1 Å². The molecule has 2 N–H and O–H groups in total. The Morgan fingerprint density at radius 2 is 2.04 bits per heavy atom. The second-order valence-electron chi connectivity index (χ2n) is 6.97. The third-order valence-electron chi connectivity index (χ3n) is 4.93. The number of hydrogen-bond acceptors (Lipinski definition) is 2. The number of halogens is 3. The Morgan fingerprint density at radius 1 is 1.30 bits per heavy atom. The first-order valence-corrected chi connectivity index (χ1v) is 9.42. The van der Waals surface area contributed by atoms with Crippen molar-refractivity contribution in [3.05, 3.63) is 70.0 Å². The fourth-order valence-electron chi connectivity index (χ4n) is 3.36. The van der Waals surface area contributed by atoms with Gasteiger partial charge in [-0.25, -0.2) is 4.39 Å². The largest absolute Gasteiger partial charge is 0.345 e. The number of amides is 1. The van der Waals surface area contributed by atoms with Gasteiger partial charge in [-0.2, -0.15) is 0 Å². The Balaban J connectivity index is 0.00000261. The van der Waals surface area contributed by atoms with Crippen LogP contribution in [0.1, 0.15) is 42.0 Å². The monoisotopic (exact) mass is 410 g/mol. The lowest BCUT2D eigenvalue weighted by atomic mass is 9.96. The average molecular weight is 411 g/mol. The highest BCUT2D eigenvalue weighted by molar-refractivity contribution is 6.31. The molecular formula is C21H25Cl2FN2O. The topological polar surface area (TPSA) is 41.1 Å². The zero-order chi connectivity index (χ0) is 18.5. The van der Waals surface area contributed by atoms with E-state index in [1.807, 2.05) is 31.2 Å². The molecule has 1 saturated heterocycles. The van der Waals surface area contributed by atoms with E-state index in [2.05, 4.69) is 10.6 Å². The second-order valence-corrected chi connectivity index (χ2v) is 7.38. The van der Waals surface area contributed by atoms with E-state index in [0.29, 0.717) is 22.9 Å². The van der Waals surface area contributed by atoms with Gasteiger partial charge in [0, 0.05) is 11.4 Å². The highest BCUT2D eigenvalue weighted by Crippen LogP contribution is 2.29. The molecule has 1 amide bonds. The van der Waals surface area contributed by atoms with E-state index < -0.39 is 6.04 Å². The quantitative estimate of drug-likeness (QED) is 0.717. The summed E-state index contributed by atoms with van der Waals surface area (Å²) in [6.07, 6.45) is 2.47. The maximum absolute atomic E-state index is 13.4. The van der Waals surface area contributed by atoms with E-state index in [4.69, 9.17) is 11.6 Å². The van der Waals surface area contributed by atoms with Gasteiger partial charge in [0.2, 0.25) is 5.91 Å². The van der Waals surface area contributed by atoms with E-state index >= 15 is 0 Å². The van der Waals surface area contributed by atoms with Gasteiger partial charge in [0.25, 0.3) is 0 Å². The molecular weight excluding hydrogens is 386 g/mol. The SMILES string of the molecule is Cc1ccc(C(NC(=O)CCC2CCNC2)c2ccc(F)cc2Cl)cc1.Cl. The summed E-state index contributed by atoms with van der Waals surface area (Å²) >= 11 is 6.27. The predicted molar refractivity (Wildman–Crippen MR) is 110 cm³/mol. The van der Waals surface area contributed by atoms with Gasteiger partial charge in [0.15, 0.2) is 0 Å².